The predicted octanol–water partition coefficient (Wildman–Crippen LogP) is 3.25. The highest BCUT2D eigenvalue weighted by atomic mass is 19.4. The molecule has 1 aliphatic heterocycles. The van der Waals surface area contributed by atoms with Crippen LogP contribution in [0.5, 0.6) is 0 Å². The Morgan fingerprint density at radius 3 is 1.81 bits per heavy atom. The molecule has 3 amide bonds. The molecule has 0 N–H and O–H groups in total. The number of imide groups is 1. The zero-order chi connectivity index (χ0) is 23.5. The zero-order valence-corrected chi connectivity index (χ0v) is 17.3. The van der Waals surface area contributed by atoms with Gasteiger partial charge in [0.1, 0.15) is 5.78 Å². The third kappa shape index (κ3) is 4.28. The van der Waals surface area contributed by atoms with Crippen molar-refractivity contribution >= 4 is 23.5 Å². The number of rotatable bonds is 7. The van der Waals surface area contributed by atoms with E-state index in [9.17, 15) is 32.3 Å². The van der Waals surface area contributed by atoms with Gasteiger partial charge in [-0.1, -0.05) is 60.7 Å². The summed E-state index contributed by atoms with van der Waals surface area (Å²) >= 11 is 0. The van der Waals surface area contributed by atoms with Crippen LogP contribution in [-0.4, -0.2) is 45.0 Å². The number of Topliss-reactive ketones (excluding diaryl/α,β-unsaturated/α-hetero) is 1. The summed E-state index contributed by atoms with van der Waals surface area (Å²) in [5, 5.41) is 0. The second-order valence-corrected chi connectivity index (χ2v) is 7.62. The van der Waals surface area contributed by atoms with E-state index in [4.69, 9.17) is 0 Å². The van der Waals surface area contributed by atoms with E-state index < -0.39 is 61.2 Å². The molecule has 1 fully saturated rings. The maximum atomic E-state index is 14.6. The fourth-order valence-electron chi connectivity index (χ4n) is 3.73. The fourth-order valence-corrected chi connectivity index (χ4v) is 3.73. The summed E-state index contributed by atoms with van der Waals surface area (Å²) in [4.78, 5) is 51.3. The SMILES string of the molecule is CC(=O)CC[C@]1(C(F)(F)F)C(=O)N(Cc2ccccc2)C(=O)C(=O)N1Cc1ccccc1. The molecule has 168 valence electrons. The molecule has 9 heteroatoms. The molecular weight excluding hydrogens is 425 g/mol. The number of nitrogens with zero attached hydrogens (tertiary/aromatic N) is 2. The van der Waals surface area contributed by atoms with Crippen molar-refractivity contribution in [1.29, 1.82) is 0 Å². The van der Waals surface area contributed by atoms with Crippen molar-refractivity contribution in [3.63, 3.8) is 0 Å². The normalized spacial score (nSPS) is 19.4. The van der Waals surface area contributed by atoms with E-state index in [2.05, 4.69) is 0 Å². The van der Waals surface area contributed by atoms with Gasteiger partial charge < -0.3 is 9.69 Å². The van der Waals surface area contributed by atoms with Crippen molar-refractivity contribution in [3.05, 3.63) is 71.8 Å². The number of hydrogen-bond acceptors (Lipinski definition) is 4. The molecule has 1 saturated heterocycles. The minimum atomic E-state index is -5.22. The summed E-state index contributed by atoms with van der Waals surface area (Å²) in [6.07, 6.45) is -6.78. The topological polar surface area (TPSA) is 74.8 Å². The van der Waals surface area contributed by atoms with Crippen molar-refractivity contribution in [2.45, 2.75) is 44.6 Å². The Morgan fingerprint density at radius 1 is 0.844 bits per heavy atom. The molecule has 0 aliphatic carbocycles. The number of hydrogen-bond donors (Lipinski definition) is 0. The van der Waals surface area contributed by atoms with Gasteiger partial charge in [-0.05, 0) is 24.5 Å². The lowest BCUT2D eigenvalue weighted by molar-refractivity contribution is -0.242. The summed E-state index contributed by atoms with van der Waals surface area (Å²) < 4.78 is 43.8. The maximum Gasteiger partial charge on any atom is 0.420 e. The lowest BCUT2D eigenvalue weighted by atomic mass is 9.84. The monoisotopic (exact) mass is 446 g/mol. The molecule has 32 heavy (non-hydrogen) atoms. The van der Waals surface area contributed by atoms with Crippen LogP contribution in [0, 0.1) is 0 Å². The van der Waals surface area contributed by atoms with Crippen LogP contribution in [0.4, 0.5) is 13.2 Å². The summed E-state index contributed by atoms with van der Waals surface area (Å²) in [5.74, 6) is -4.90. The van der Waals surface area contributed by atoms with Gasteiger partial charge in [-0.2, -0.15) is 13.2 Å². The molecule has 2 aromatic carbocycles. The van der Waals surface area contributed by atoms with Crippen LogP contribution in [0.2, 0.25) is 0 Å². The molecule has 0 radical (unpaired) electrons. The number of halogens is 3. The number of amides is 3. The predicted molar refractivity (Wildman–Crippen MR) is 108 cm³/mol. The van der Waals surface area contributed by atoms with E-state index in [-0.39, 0.29) is 4.90 Å². The van der Waals surface area contributed by atoms with E-state index in [1.54, 1.807) is 36.4 Å². The molecule has 0 aromatic heterocycles. The van der Waals surface area contributed by atoms with E-state index in [0.29, 0.717) is 16.0 Å². The average Bonchev–Trinajstić information content (AvgIpc) is 2.75. The summed E-state index contributed by atoms with van der Waals surface area (Å²) in [6.45, 7) is 0.0166. The number of carbonyl (C=O) groups is 4. The van der Waals surface area contributed by atoms with Crippen molar-refractivity contribution in [1.82, 2.24) is 9.80 Å². The molecular formula is C23H21F3N2O4. The van der Waals surface area contributed by atoms with Crippen LogP contribution in [0.15, 0.2) is 60.7 Å². The second-order valence-electron chi connectivity index (χ2n) is 7.62. The van der Waals surface area contributed by atoms with Gasteiger partial charge in [0.2, 0.25) is 5.54 Å². The lowest BCUT2D eigenvalue weighted by Gasteiger charge is -2.48. The highest BCUT2D eigenvalue weighted by Crippen LogP contribution is 2.44. The van der Waals surface area contributed by atoms with E-state index in [1.807, 2.05) is 0 Å². The number of carbonyl (C=O) groups excluding carboxylic acids is 4. The third-order valence-electron chi connectivity index (χ3n) is 5.41. The minimum Gasteiger partial charge on any atom is -0.307 e. The first-order valence-electron chi connectivity index (χ1n) is 9.90. The summed E-state index contributed by atoms with van der Waals surface area (Å²) in [6, 6.07) is 15.7. The fraction of sp³-hybridized carbons (Fsp3) is 0.304. The second kappa shape index (κ2) is 8.94. The van der Waals surface area contributed by atoms with Gasteiger partial charge in [0.15, 0.2) is 0 Å². The van der Waals surface area contributed by atoms with Gasteiger partial charge in [0, 0.05) is 13.0 Å². The first-order chi connectivity index (χ1) is 15.1. The van der Waals surface area contributed by atoms with Crippen LogP contribution in [0.25, 0.3) is 0 Å². The van der Waals surface area contributed by atoms with Crippen molar-refractivity contribution in [3.8, 4) is 0 Å². The number of benzene rings is 2. The van der Waals surface area contributed by atoms with E-state index >= 15 is 0 Å². The standard InChI is InChI=1S/C23H21F3N2O4/c1-16(29)12-13-22(23(24,25)26)21(32)27(14-17-8-4-2-5-9-17)19(30)20(31)28(22)15-18-10-6-3-7-11-18/h2-11H,12-15H2,1H3/t22-/m1/s1. The molecule has 0 saturated carbocycles. The Hall–Kier alpha value is -3.49. The summed E-state index contributed by atoms with van der Waals surface area (Å²) in [5.41, 5.74) is -2.63. The van der Waals surface area contributed by atoms with Gasteiger partial charge in [-0.15, -0.1) is 0 Å². The van der Waals surface area contributed by atoms with Crippen molar-refractivity contribution in [2.24, 2.45) is 0 Å². The number of alkyl halides is 3. The van der Waals surface area contributed by atoms with Crippen LogP contribution in [-0.2, 0) is 32.3 Å². The van der Waals surface area contributed by atoms with Gasteiger partial charge in [-0.25, -0.2) is 0 Å². The molecule has 1 atom stereocenters. The average molecular weight is 446 g/mol. The van der Waals surface area contributed by atoms with Crippen LogP contribution in [0.3, 0.4) is 0 Å². The lowest BCUT2D eigenvalue weighted by Crippen LogP contribution is -2.75. The first kappa shape index (κ1) is 23.2. The van der Waals surface area contributed by atoms with Crippen LogP contribution in [0.1, 0.15) is 30.9 Å². The smallest absolute Gasteiger partial charge is 0.307 e. The van der Waals surface area contributed by atoms with Gasteiger partial charge in [-0.3, -0.25) is 19.3 Å². The Morgan fingerprint density at radius 2 is 1.34 bits per heavy atom. The molecule has 2 aromatic rings. The number of piperazine rings is 1. The molecule has 0 spiro atoms. The Bertz CT molecular complexity index is 1020. The zero-order valence-electron chi connectivity index (χ0n) is 17.3. The van der Waals surface area contributed by atoms with Crippen molar-refractivity contribution in [2.75, 3.05) is 0 Å². The molecule has 1 aliphatic rings. The number of ketones is 1. The third-order valence-corrected chi connectivity index (χ3v) is 5.41. The highest BCUT2D eigenvalue weighted by molar-refractivity contribution is 6.40. The largest absolute Gasteiger partial charge is 0.420 e. The van der Waals surface area contributed by atoms with E-state index in [1.165, 1.54) is 24.3 Å². The van der Waals surface area contributed by atoms with E-state index in [0.717, 1.165) is 6.92 Å². The Balaban J connectivity index is 2.12. The molecule has 1 heterocycles. The Kier molecular flexibility index (Phi) is 6.47. The van der Waals surface area contributed by atoms with Crippen LogP contribution < -0.4 is 0 Å². The van der Waals surface area contributed by atoms with Crippen molar-refractivity contribution < 1.29 is 32.3 Å². The minimum absolute atomic E-state index is 0.275. The highest BCUT2D eigenvalue weighted by Gasteiger charge is 2.69. The maximum absolute atomic E-state index is 14.6. The van der Waals surface area contributed by atoms with Gasteiger partial charge in [0.05, 0.1) is 6.54 Å². The molecule has 3 rings (SSSR count). The first-order valence-corrected chi connectivity index (χ1v) is 9.90. The molecule has 6 nitrogen and oxygen atoms in total. The quantitative estimate of drug-likeness (QED) is 0.484. The summed E-state index contributed by atoms with van der Waals surface area (Å²) in [7, 11) is 0. The van der Waals surface area contributed by atoms with Gasteiger partial charge in [0.25, 0.3) is 5.91 Å². The molecule has 0 unspecified atom stereocenters. The Labute approximate surface area is 182 Å². The van der Waals surface area contributed by atoms with Crippen LogP contribution >= 0.6 is 0 Å². The van der Waals surface area contributed by atoms with Gasteiger partial charge >= 0.3 is 18.0 Å². The molecule has 0 bridgehead atoms.